The molecular formula is C18H23N3OS. The van der Waals surface area contributed by atoms with Crippen molar-refractivity contribution >= 4 is 27.5 Å². The normalized spacial score (nSPS) is 25.2. The maximum atomic E-state index is 12.5. The number of nitrogens with zero attached hydrogens (tertiary/aromatic N) is 2. The van der Waals surface area contributed by atoms with Crippen LogP contribution in [0.4, 0.5) is 0 Å². The third-order valence-electron chi connectivity index (χ3n) is 5.35. The van der Waals surface area contributed by atoms with Crippen LogP contribution in [0.25, 0.3) is 10.2 Å². The molecule has 2 aromatic rings. The lowest BCUT2D eigenvalue weighted by atomic mass is 9.83. The van der Waals surface area contributed by atoms with Gasteiger partial charge in [0.05, 0.1) is 15.7 Å². The zero-order chi connectivity index (χ0) is 15.6. The fourth-order valence-corrected chi connectivity index (χ4v) is 4.85. The van der Waals surface area contributed by atoms with Crippen molar-refractivity contribution in [3.63, 3.8) is 0 Å². The molecule has 0 spiro atoms. The van der Waals surface area contributed by atoms with E-state index in [9.17, 15) is 4.79 Å². The molecule has 4 rings (SSSR count). The smallest absolute Gasteiger partial charge is 0.251 e. The molecule has 1 aromatic heterocycles. The summed E-state index contributed by atoms with van der Waals surface area (Å²) in [7, 11) is 0. The molecule has 2 aliphatic heterocycles. The zero-order valence-electron chi connectivity index (χ0n) is 13.3. The third-order valence-corrected chi connectivity index (χ3v) is 6.14. The van der Waals surface area contributed by atoms with Gasteiger partial charge in [0.2, 0.25) is 0 Å². The van der Waals surface area contributed by atoms with Gasteiger partial charge >= 0.3 is 0 Å². The van der Waals surface area contributed by atoms with Gasteiger partial charge in [-0.25, -0.2) is 4.98 Å². The topological polar surface area (TPSA) is 45.2 Å². The van der Waals surface area contributed by atoms with E-state index in [-0.39, 0.29) is 5.91 Å². The van der Waals surface area contributed by atoms with Crippen LogP contribution in [0, 0.1) is 5.92 Å². The number of fused-ring (bicyclic) bond motifs is 2. The van der Waals surface area contributed by atoms with E-state index in [4.69, 9.17) is 0 Å². The van der Waals surface area contributed by atoms with Gasteiger partial charge in [-0.1, -0.05) is 6.42 Å². The van der Waals surface area contributed by atoms with Crippen LogP contribution in [-0.2, 0) is 0 Å². The molecule has 23 heavy (non-hydrogen) atoms. The van der Waals surface area contributed by atoms with Gasteiger partial charge in [-0.2, -0.15) is 0 Å². The number of thiazole rings is 1. The van der Waals surface area contributed by atoms with Crippen LogP contribution in [0.1, 0.15) is 42.5 Å². The van der Waals surface area contributed by atoms with Crippen molar-refractivity contribution in [2.75, 3.05) is 19.6 Å². The number of rotatable bonds is 3. The highest BCUT2D eigenvalue weighted by molar-refractivity contribution is 7.16. The number of hydrogen-bond acceptors (Lipinski definition) is 4. The molecule has 3 heterocycles. The Labute approximate surface area is 140 Å². The number of nitrogens with one attached hydrogen (secondary N) is 1. The van der Waals surface area contributed by atoms with Gasteiger partial charge in [0.15, 0.2) is 0 Å². The van der Waals surface area contributed by atoms with Crippen molar-refractivity contribution in [2.45, 2.75) is 38.1 Å². The van der Waals surface area contributed by atoms with Crippen LogP contribution in [0.5, 0.6) is 0 Å². The minimum atomic E-state index is 0.0493. The summed E-state index contributed by atoms with van der Waals surface area (Å²) in [5.74, 6) is 0.661. The summed E-state index contributed by atoms with van der Waals surface area (Å²) in [6, 6.07) is 6.45. The number of carbonyl (C=O) groups excluding carboxylic acids is 1. The molecule has 1 N–H and O–H groups in total. The van der Waals surface area contributed by atoms with Gasteiger partial charge in [0.25, 0.3) is 5.91 Å². The molecule has 0 unspecified atom stereocenters. The van der Waals surface area contributed by atoms with Crippen molar-refractivity contribution in [3.8, 4) is 0 Å². The molecular weight excluding hydrogens is 306 g/mol. The number of amides is 1. The minimum absolute atomic E-state index is 0.0493. The van der Waals surface area contributed by atoms with E-state index in [0.717, 1.165) is 22.3 Å². The van der Waals surface area contributed by atoms with Gasteiger partial charge < -0.3 is 10.2 Å². The molecule has 4 nitrogen and oxygen atoms in total. The van der Waals surface area contributed by atoms with Crippen LogP contribution in [0.2, 0.25) is 0 Å². The molecule has 1 amide bonds. The Morgan fingerprint density at radius 1 is 1.26 bits per heavy atom. The zero-order valence-corrected chi connectivity index (χ0v) is 14.1. The van der Waals surface area contributed by atoms with E-state index in [0.29, 0.717) is 12.0 Å². The summed E-state index contributed by atoms with van der Waals surface area (Å²) < 4.78 is 1.08. The third kappa shape index (κ3) is 3.12. The van der Waals surface area contributed by atoms with Crippen LogP contribution >= 0.6 is 11.3 Å². The van der Waals surface area contributed by atoms with Gasteiger partial charge in [-0.15, -0.1) is 11.3 Å². The maximum absolute atomic E-state index is 12.5. The van der Waals surface area contributed by atoms with Crippen LogP contribution in [0.3, 0.4) is 0 Å². The van der Waals surface area contributed by atoms with Crippen molar-refractivity contribution < 1.29 is 4.79 Å². The number of aromatic nitrogens is 1. The Hall–Kier alpha value is -1.46. The highest BCUT2D eigenvalue weighted by atomic mass is 32.1. The van der Waals surface area contributed by atoms with E-state index in [1.165, 1.54) is 45.2 Å². The summed E-state index contributed by atoms with van der Waals surface area (Å²) in [6.45, 7) is 3.30. The molecule has 122 valence electrons. The maximum Gasteiger partial charge on any atom is 0.251 e. The SMILES string of the molecule is O=C(NC[C@@H]1CCCN2CCCC[C@H]12)c1ccc2ncsc2c1. The lowest BCUT2D eigenvalue weighted by molar-refractivity contribution is 0.0575. The summed E-state index contributed by atoms with van der Waals surface area (Å²) >= 11 is 1.58. The highest BCUT2D eigenvalue weighted by Crippen LogP contribution is 2.30. The first kappa shape index (κ1) is 15.1. The summed E-state index contributed by atoms with van der Waals surface area (Å²) in [5.41, 5.74) is 3.54. The molecule has 2 aliphatic rings. The number of hydrogen-bond donors (Lipinski definition) is 1. The predicted octanol–water partition coefficient (Wildman–Crippen LogP) is 3.29. The summed E-state index contributed by atoms with van der Waals surface area (Å²) in [4.78, 5) is 19.4. The quantitative estimate of drug-likeness (QED) is 0.940. The molecule has 0 saturated carbocycles. The minimum Gasteiger partial charge on any atom is -0.352 e. The van der Waals surface area contributed by atoms with E-state index in [2.05, 4.69) is 15.2 Å². The second-order valence-corrected chi connectivity index (χ2v) is 7.63. The molecule has 0 bridgehead atoms. The lowest BCUT2D eigenvalue weighted by Crippen LogP contribution is -2.51. The average molecular weight is 329 g/mol. The molecule has 2 atom stereocenters. The van der Waals surface area contributed by atoms with Crippen LogP contribution in [-0.4, -0.2) is 41.5 Å². The average Bonchev–Trinajstić information content (AvgIpc) is 3.07. The fourth-order valence-electron chi connectivity index (χ4n) is 4.14. The monoisotopic (exact) mass is 329 g/mol. The molecule has 1 aromatic carbocycles. The van der Waals surface area contributed by atoms with Gasteiger partial charge in [-0.05, 0) is 62.9 Å². The Bertz CT molecular complexity index is 696. The fraction of sp³-hybridized carbons (Fsp3) is 0.556. The number of piperidine rings is 2. The first-order valence-corrected chi connectivity index (χ1v) is 9.55. The van der Waals surface area contributed by atoms with Crippen molar-refractivity contribution in [3.05, 3.63) is 29.3 Å². The van der Waals surface area contributed by atoms with Crippen LogP contribution in [0.15, 0.2) is 23.7 Å². The molecule has 0 aliphatic carbocycles. The van der Waals surface area contributed by atoms with Crippen molar-refractivity contribution in [1.82, 2.24) is 15.2 Å². The molecule has 5 heteroatoms. The standard InChI is InChI=1S/C18H23N3OS/c22-18(13-6-7-15-17(10-13)23-12-20-15)19-11-14-4-3-9-21-8-2-1-5-16(14)21/h6-7,10,12,14,16H,1-5,8-9,11H2,(H,19,22)/t14-,16+/m0/s1. The second-order valence-electron chi connectivity index (χ2n) is 6.75. The van der Waals surface area contributed by atoms with E-state index < -0.39 is 0 Å². The Kier molecular flexibility index (Phi) is 4.31. The van der Waals surface area contributed by atoms with Crippen LogP contribution < -0.4 is 5.32 Å². The van der Waals surface area contributed by atoms with Crippen molar-refractivity contribution in [1.29, 1.82) is 0 Å². The largest absolute Gasteiger partial charge is 0.352 e. The lowest BCUT2D eigenvalue weighted by Gasteiger charge is -2.44. The second kappa shape index (κ2) is 6.57. The first-order valence-electron chi connectivity index (χ1n) is 8.67. The number of carbonyl (C=O) groups is 1. The van der Waals surface area contributed by atoms with Gasteiger partial charge in [0, 0.05) is 18.2 Å². The van der Waals surface area contributed by atoms with Gasteiger partial charge in [0.1, 0.15) is 0 Å². The highest BCUT2D eigenvalue weighted by Gasteiger charge is 2.32. The number of benzene rings is 1. The molecule has 2 saturated heterocycles. The Morgan fingerprint density at radius 2 is 2.17 bits per heavy atom. The summed E-state index contributed by atoms with van der Waals surface area (Å²) in [6.07, 6.45) is 6.49. The summed E-state index contributed by atoms with van der Waals surface area (Å²) in [5, 5.41) is 3.18. The first-order chi connectivity index (χ1) is 11.3. The van der Waals surface area contributed by atoms with Gasteiger partial charge in [-0.3, -0.25) is 4.79 Å². The Morgan fingerprint density at radius 3 is 3.13 bits per heavy atom. The van der Waals surface area contributed by atoms with E-state index in [1.807, 2.05) is 23.7 Å². The van der Waals surface area contributed by atoms with E-state index in [1.54, 1.807) is 11.3 Å². The Balaban J connectivity index is 1.40. The molecule has 0 radical (unpaired) electrons. The van der Waals surface area contributed by atoms with Crippen molar-refractivity contribution in [2.24, 2.45) is 5.92 Å². The predicted molar refractivity (Wildman–Crippen MR) is 93.9 cm³/mol. The molecule has 2 fully saturated rings. The van der Waals surface area contributed by atoms with E-state index >= 15 is 0 Å².